The van der Waals surface area contributed by atoms with Gasteiger partial charge in [0.15, 0.2) is 0 Å². The number of hydrogen-bond acceptors (Lipinski definition) is 2. The van der Waals surface area contributed by atoms with E-state index >= 15 is 0 Å². The van der Waals surface area contributed by atoms with E-state index in [0.717, 1.165) is 17.9 Å². The van der Waals surface area contributed by atoms with Crippen LogP contribution in [0.3, 0.4) is 0 Å². The van der Waals surface area contributed by atoms with Crippen LogP contribution in [-0.4, -0.2) is 9.97 Å². The second-order valence-corrected chi connectivity index (χ2v) is 5.39. The number of nitrogens with one attached hydrogen (secondary N) is 1. The standard InChI is InChI=1S/C16H23N3/c1-5-10(2)15(17)16-18-9-14(19-16)13-7-6-11(3)12(4)8-13/h6-10,15H,5,17H2,1-4H3,(H,18,19). The van der Waals surface area contributed by atoms with E-state index in [1.807, 2.05) is 6.20 Å². The predicted molar refractivity (Wildman–Crippen MR) is 79.9 cm³/mol. The van der Waals surface area contributed by atoms with Crippen molar-refractivity contribution in [3.63, 3.8) is 0 Å². The molecule has 3 heteroatoms. The lowest BCUT2D eigenvalue weighted by atomic mass is 10.00. The monoisotopic (exact) mass is 257 g/mol. The third-order valence-electron chi connectivity index (χ3n) is 3.99. The Balaban J connectivity index is 2.27. The Morgan fingerprint density at radius 3 is 2.63 bits per heavy atom. The Hall–Kier alpha value is -1.61. The molecule has 0 fully saturated rings. The molecule has 0 bridgehead atoms. The topological polar surface area (TPSA) is 54.7 Å². The molecular weight excluding hydrogens is 234 g/mol. The molecule has 2 aromatic rings. The van der Waals surface area contributed by atoms with Crippen molar-refractivity contribution >= 4 is 0 Å². The molecule has 0 radical (unpaired) electrons. The van der Waals surface area contributed by atoms with Crippen molar-refractivity contribution in [1.29, 1.82) is 0 Å². The SMILES string of the molecule is CCC(C)C(N)c1ncc(-c2ccc(C)c(C)c2)[nH]1. The molecule has 0 spiro atoms. The molecule has 1 aromatic carbocycles. The number of nitrogens with two attached hydrogens (primary N) is 1. The van der Waals surface area contributed by atoms with Crippen LogP contribution in [-0.2, 0) is 0 Å². The third kappa shape index (κ3) is 2.87. The van der Waals surface area contributed by atoms with Gasteiger partial charge in [0.05, 0.1) is 17.9 Å². The summed E-state index contributed by atoms with van der Waals surface area (Å²) in [6, 6.07) is 6.42. The number of rotatable bonds is 4. The summed E-state index contributed by atoms with van der Waals surface area (Å²) in [6.07, 6.45) is 2.93. The summed E-state index contributed by atoms with van der Waals surface area (Å²) < 4.78 is 0. The van der Waals surface area contributed by atoms with Gasteiger partial charge in [-0.2, -0.15) is 0 Å². The first-order valence-corrected chi connectivity index (χ1v) is 6.91. The molecular formula is C16H23N3. The summed E-state index contributed by atoms with van der Waals surface area (Å²) in [7, 11) is 0. The van der Waals surface area contributed by atoms with Crippen LogP contribution in [0.5, 0.6) is 0 Å². The van der Waals surface area contributed by atoms with Crippen molar-refractivity contribution in [2.75, 3.05) is 0 Å². The summed E-state index contributed by atoms with van der Waals surface area (Å²) >= 11 is 0. The fraction of sp³-hybridized carbons (Fsp3) is 0.438. The quantitative estimate of drug-likeness (QED) is 0.876. The van der Waals surface area contributed by atoms with Crippen LogP contribution < -0.4 is 5.73 Å². The van der Waals surface area contributed by atoms with Gasteiger partial charge in [-0.3, -0.25) is 0 Å². The van der Waals surface area contributed by atoms with Gasteiger partial charge in [0, 0.05) is 0 Å². The zero-order chi connectivity index (χ0) is 14.0. The van der Waals surface area contributed by atoms with E-state index < -0.39 is 0 Å². The van der Waals surface area contributed by atoms with Crippen molar-refractivity contribution in [3.05, 3.63) is 41.3 Å². The minimum Gasteiger partial charge on any atom is -0.341 e. The Kier molecular flexibility index (Phi) is 4.05. The number of nitrogens with zero attached hydrogens (tertiary/aromatic N) is 1. The number of aromatic nitrogens is 2. The number of aromatic amines is 1. The Morgan fingerprint density at radius 2 is 2.00 bits per heavy atom. The molecule has 0 aliphatic rings. The molecule has 0 aliphatic carbocycles. The predicted octanol–water partition coefficient (Wildman–Crippen LogP) is 3.74. The number of hydrogen-bond donors (Lipinski definition) is 2. The van der Waals surface area contributed by atoms with Gasteiger partial charge < -0.3 is 10.7 Å². The Morgan fingerprint density at radius 1 is 1.26 bits per heavy atom. The number of imidazole rings is 1. The minimum absolute atomic E-state index is 0.0229. The normalized spacial score (nSPS) is 14.4. The average Bonchev–Trinajstić information content (AvgIpc) is 2.89. The van der Waals surface area contributed by atoms with Crippen LogP contribution in [0.25, 0.3) is 11.3 Å². The van der Waals surface area contributed by atoms with Gasteiger partial charge >= 0.3 is 0 Å². The Labute approximate surface area is 115 Å². The summed E-state index contributed by atoms with van der Waals surface area (Å²) in [5, 5.41) is 0. The maximum absolute atomic E-state index is 6.20. The lowest BCUT2D eigenvalue weighted by Gasteiger charge is -2.15. The smallest absolute Gasteiger partial charge is 0.123 e. The molecule has 3 nitrogen and oxygen atoms in total. The van der Waals surface area contributed by atoms with E-state index in [2.05, 4.69) is 55.9 Å². The lowest BCUT2D eigenvalue weighted by Crippen LogP contribution is -2.19. The highest BCUT2D eigenvalue weighted by Gasteiger charge is 2.16. The summed E-state index contributed by atoms with van der Waals surface area (Å²) in [4.78, 5) is 7.79. The minimum atomic E-state index is -0.0229. The molecule has 3 N–H and O–H groups in total. The summed E-state index contributed by atoms with van der Waals surface area (Å²) in [6.45, 7) is 8.55. The van der Waals surface area contributed by atoms with Crippen LogP contribution in [0.1, 0.15) is 43.3 Å². The largest absolute Gasteiger partial charge is 0.341 e. The number of aryl methyl sites for hydroxylation is 2. The van der Waals surface area contributed by atoms with E-state index in [0.29, 0.717) is 5.92 Å². The highest BCUT2D eigenvalue weighted by molar-refractivity contribution is 5.60. The van der Waals surface area contributed by atoms with Gasteiger partial charge in [-0.15, -0.1) is 0 Å². The van der Waals surface area contributed by atoms with Crippen molar-refractivity contribution in [2.24, 2.45) is 11.7 Å². The number of benzene rings is 1. The molecule has 19 heavy (non-hydrogen) atoms. The van der Waals surface area contributed by atoms with Gasteiger partial charge in [0.1, 0.15) is 5.82 Å². The fourth-order valence-electron chi connectivity index (χ4n) is 2.09. The van der Waals surface area contributed by atoms with E-state index in [1.54, 1.807) is 0 Å². The van der Waals surface area contributed by atoms with Crippen molar-refractivity contribution in [2.45, 2.75) is 40.2 Å². The van der Waals surface area contributed by atoms with E-state index in [4.69, 9.17) is 5.73 Å². The van der Waals surface area contributed by atoms with Gasteiger partial charge in [-0.1, -0.05) is 32.4 Å². The zero-order valence-electron chi connectivity index (χ0n) is 12.2. The first kappa shape index (κ1) is 13.8. The van der Waals surface area contributed by atoms with Crippen LogP contribution in [0.15, 0.2) is 24.4 Å². The molecule has 0 amide bonds. The first-order chi connectivity index (χ1) is 9.02. The molecule has 2 unspecified atom stereocenters. The molecule has 2 atom stereocenters. The van der Waals surface area contributed by atoms with Gasteiger partial charge in [-0.05, 0) is 42.5 Å². The molecule has 0 aliphatic heterocycles. The molecule has 2 rings (SSSR count). The average molecular weight is 257 g/mol. The first-order valence-electron chi connectivity index (χ1n) is 6.91. The highest BCUT2D eigenvalue weighted by atomic mass is 15.0. The van der Waals surface area contributed by atoms with Gasteiger partial charge in [0.25, 0.3) is 0 Å². The summed E-state index contributed by atoms with van der Waals surface area (Å²) in [5.41, 5.74) is 11.0. The van der Waals surface area contributed by atoms with Crippen molar-refractivity contribution in [1.82, 2.24) is 9.97 Å². The van der Waals surface area contributed by atoms with Gasteiger partial charge in [-0.25, -0.2) is 4.98 Å². The zero-order valence-corrected chi connectivity index (χ0v) is 12.2. The van der Waals surface area contributed by atoms with Crippen LogP contribution in [0.4, 0.5) is 0 Å². The maximum atomic E-state index is 6.20. The lowest BCUT2D eigenvalue weighted by molar-refractivity contribution is 0.441. The second-order valence-electron chi connectivity index (χ2n) is 5.39. The second kappa shape index (κ2) is 5.57. The molecule has 0 saturated heterocycles. The van der Waals surface area contributed by atoms with Crippen LogP contribution in [0.2, 0.25) is 0 Å². The van der Waals surface area contributed by atoms with E-state index in [-0.39, 0.29) is 6.04 Å². The number of H-pyrrole nitrogens is 1. The molecule has 102 valence electrons. The Bertz CT molecular complexity index is 557. The fourth-order valence-corrected chi connectivity index (χ4v) is 2.09. The van der Waals surface area contributed by atoms with Gasteiger partial charge in [0.2, 0.25) is 0 Å². The van der Waals surface area contributed by atoms with Crippen molar-refractivity contribution < 1.29 is 0 Å². The molecule has 1 aromatic heterocycles. The molecule has 0 saturated carbocycles. The third-order valence-corrected chi connectivity index (χ3v) is 3.99. The highest BCUT2D eigenvalue weighted by Crippen LogP contribution is 2.24. The molecule has 1 heterocycles. The summed E-state index contributed by atoms with van der Waals surface area (Å²) in [5.74, 6) is 1.31. The maximum Gasteiger partial charge on any atom is 0.123 e. The van der Waals surface area contributed by atoms with E-state index in [1.165, 1.54) is 16.7 Å². The van der Waals surface area contributed by atoms with E-state index in [9.17, 15) is 0 Å². The van der Waals surface area contributed by atoms with Crippen LogP contribution in [0, 0.1) is 19.8 Å². The van der Waals surface area contributed by atoms with Crippen molar-refractivity contribution in [3.8, 4) is 11.3 Å². The van der Waals surface area contributed by atoms with Crippen LogP contribution >= 0.6 is 0 Å².